The molecule has 1 aliphatic rings. The Bertz CT molecular complexity index is 912. The summed E-state index contributed by atoms with van der Waals surface area (Å²) in [4.78, 5) is 12.4. The molecule has 1 atom stereocenters. The third-order valence-corrected chi connectivity index (χ3v) is 5.44. The molecule has 2 aromatic rings. The number of carbonyl (C=O) groups is 1. The molecule has 1 amide bonds. The van der Waals surface area contributed by atoms with Crippen molar-refractivity contribution in [2.45, 2.75) is 19.4 Å². The van der Waals surface area contributed by atoms with Crippen LogP contribution in [0.25, 0.3) is 0 Å². The van der Waals surface area contributed by atoms with Gasteiger partial charge in [0.1, 0.15) is 0 Å². The Kier molecular flexibility index (Phi) is 4.27. The highest BCUT2D eigenvalue weighted by molar-refractivity contribution is 7.92. The van der Waals surface area contributed by atoms with Crippen LogP contribution in [0, 0.1) is 0 Å². The summed E-state index contributed by atoms with van der Waals surface area (Å²) in [5.74, 6) is -0.259. The zero-order valence-electron chi connectivity index (χ0n) is 13.3. The number of amides is 1. The summed E-state index contributed by atoms with van der Waals surface area (Å²) in [6.45, 7) is 1.85. The second-order valence-electron chi connectivity index (χ2n) is 5.92. The molecule has 3 rings (SSSR count). The molecule has 126 valence electrons. The fraction of sp³-hybridized carbons (Fsp3) is 0.235. The summed E-state index contributed by atoms with van der Waals surface area (Å²) in [6.07, 6.45) is 1.78. The highest BCUT2D eigenvalue weighted by Crippen LogP contribution is 2.34. The van der Waals surface area contributed by atoms with Gasteiger partial charge in [-0.2, -0.15) is 0 Å². The van der Waals surface area contributed by atoms with Crippen molar-refractivity contribution in [3.63, 3.8) is 0 Å². The molecule has 0 bridgehead atoms. The maximum absolute atomic E-state index is 12.4. The minimum absolute atomic E-state index is 0.152. The molecular weight excluding hydrogens is 348 g/mol. The van der Waals surface area contributed by atoms with Crippen LogP contribution >= 0.6 is 11.6 Å². The van der Waals surface area contributed by atoms with Crippen molar-refractivity contribution in [3.05, 3.63) is 58.6 Å². The minimum atomic E-state index is -3.33. The molecule has 0 spiro atoms. The van der Waals surface area contributed by atoms with Crippen molar-refractivity contribution in [1.82, 2.24) is 0 Å². The highest BCUT2D eigenvalue weighted by atomic mass is 35.5. The first kappa shape index (κ1) is 16.8. The third kappa shape index (κ3) is 3.25. The number of nitrogens with one attached hydrogen (secondary N) is 1. The van der Waals surface area contributed by atoms with Crippen LogP contribution in [-0.4, -0.2) is 26.6 Å². The standard InChI is InChI=1S/C17H17ClN2O3S/c1-11-8-13-9-12(6-7-16(13)20(11)24(2,22)23)17(21)19-15-5-3-4-14(18)10-15/h3-7,9-11H,8H2,1-2H3,(H,19,21)/t11-/m1/s1. The van der Waals surface area contributed by atoms with Crippen molar-refractivity contribution >= 4 is 38.9 Å². The maximum atomic E-state index is 12.4. The largest absolute Gasteiger partial charge is 0.322 e. The van der Waals surface area contributed by atoms with Crippen LogP contribution < -0.4 is 9.62 Å². The van der Waals surface area contributed by atoms with E-state index in [0.29, 0.717) is 28.4 Å². The maximum Gasteiger partial charge on any atom is 0.255 e. The van der Waals surface area contributed by atoms with Gasteiger partial charge in [-0.25, -0.2) is 8.42 Å². The molecule has 0 aliphatic carbocycles. The fourth-order valence-electron chi connectivity index (χ4n) is 3.02. The lowest BCUT2D eigenvalue weighted by molar-refractivity contribution is 0.102. The van der Waals surface area contributed by atoms with Crippen molar-refractivity contribution in [2.24, 2.45) is 0 Å². The predicted octanol–water partition coefficient (Wildman–Crippen LogP) is 3.30. The quantitative estimate of drug-likeness (QED) is 0.908. The molecule has 1 aliphatic heterocycles. The van der Waals surface area contributed by atoms with Crippen LogP contribution in [0.1, 0.15) is 22.8 Å². The summed E-state index contributed by atoms with van der Waals surface area (Å²) in [5, 5.41) is 3.33. The Labute approximate surface area is 146 Å². The van der Waals surface area contributed by atoms with E-state index in [2.05, 4.69) is 5.32 Å². The van der Waals surface area contributed by atoms with E-state index in [1.54, 1.807) is 42.5 Å². The first-order chi connectivity index (χ1) is 11.3. The number of hydrogen-bond donors (Lipinski definition) is 1. The molecule has 0 saturated heterocycles. The number of rotatable bonds is 3. The Morgan fingerprint density at radius 1 is 1.25 bits per heavy atom. The van der Waals surface area contributed by atoms with Crippen LogP contribution in [0.2, 0.25) is 5.02 Å². The van der Waals surface area contributed by atoms with Gasteiger partial charge in [-0.15, -0.1) is 0 Å². The number of fused-ring (bicyclic) bond motifs is 1. The first-order valence-electron chi connectivity index (χ1n) is 7.45. The second-order valence-corrected chi connectivity index (χ2v) is 8.22. The molecular formula is C17H17ClN2O3S. The zero-order chi connectivity index (χ0) is 17.5. The molecule has 0 radical (unpaired) electrons. The molecule has 0 saturated carbocycles. The molecule has 7 heteroatoms. The van der Waals surface area contributed by atoms with Gasteiger partial charge in [-0.3, -0.25) is 9.10 Å². The fourth-order valence-corrected chi connectivity index (χ4v) is 4.47. The van der Waals surface area contributed by atoms with Gasteiger partial charge in [0.05, 0.1) is 11.9 Å². The number of anilines is 2. The SMILES string of the molecule is C[C@@H]1Cc2cc(C(=O)Nc3cccc(Cl)c3)ccc2N1S(C)(=O)=O. The Morgan fingerprint density at radius 2 is 2.00 bits per heavy atom. The molecule has 0 fully saturated rings. The second kappa shape index (κ2) is 6.11. The molecule has 24 heavy (non-hydrogen) atoms. The van der Waals surface area contributed by atoms with Crippen molar-refractivity contribution in [1.29, 1.82) is 0 Å². The van der Waals surface area contributed by atoms with E-state index in [0.717, 1.165) is 5.56 Å². The van der Waals surface area contributed by atoms with E-state index in [-0.39, 0.29) is 11.9 Å². The summed E-state index contributed by atoms with van der Waals surface area (Å²) < 4.78 is 25.3. The molecule has 0 unspecified atom stereocenters. The molecule has 1 N–H and O–H groups in total. The molecule has 1 heterocycles. The van der Waals surface area contributed by atoms with E-state index in [9.17, 15) is 13.2 Å². The van der Waals surface area contributed by atoms with Gasteiger partial charge in [0, 0.05) is 22.3 Å². The third-order valence-electron chi connectivity index (χ3n) is 3.93. The summed E-state index contributed by atoms with van der Waals surface area (Å²) in [7, 11) is -3.33. The van der Waals surface area contributed by atoms with Gasteiger partial charge in [-0.1, -0.05) is 17.7 Å². The van der Waals surface area contributed by atoms with Gasteiger partial charge < -0.3 is 5.32 Å². The van der Waals surface area contributed by atoms with Crippen LogP contribution in [0.4, 0.5) is 11.4 Å². The monoisotopic (exact) mass is 364 g/mol. The van der Waals surface area contributed by atoms with Gasteiger partial charge in [0.15, 0.2) is 0 Å². The van der Waals surface area contributed by atoms with Gasteiger partial charge >= 0.3 is 0 Å². The summed E-state index contributed by atoms with van der Waals surface area (Å²) >= 11 is 5.91. The van der Waals surface area contributed by atoms with E-state index >= 15 is 0 Å². The predicted molar refractivity (Wildman–Crippen MR) is 96.3 cm³/mol. The normalized spacial score (nSPS) is 16.8. The molecule has 2 aromatic carbocycles. The zero-order valence-corrected chi connectivity index (χ0v) is 14.9. The number of hydrogen-bond acceptors (Lipinski definition) is 3. The molecule has 5 nitrogen and oxygen atoms in total. The highest BCUT2D eigenvalue weighted by Gasteiger charge is 2.32. The Hall–Kier alpha value is -2.05. The van der Waals surface area contributed by atoms with Crippen LogP contribution in [0.5, 0.6) is 0 Å². The average Bonchev–Trinajstić information content (AvgIpc) is 2.81. The van der Waals surface area contributed by atoms with E-state index in [4.69, 9.17) is 11.6 Å². The smallest absolute Gasteiger partial charge is 0.255 e. The topological polar surface area (TPSA) is 66.5 Å². The lowest BCUT2D eigenvalue weighted by Crippen LogP contribution is -2.34. The van der Waals surface area contributed by atoms with E-state index < -0.39 is 10.0 Å². The molecule has 0 aromatic heterocycles. The number of carbonyl (C=O) groups excluding carboxylic acids is 1. The van der Waals surface area contributed by atoms with Gasteiger partial charge in [-0.05, 0) is 55.3 Å². The minimum Gasteiger partial charge on any atom is -0.322 e. The Morgan fingerprint density at radius 3 is 2.67 bits per heavy atom. The van der Waals surface area contributed by atoms with Crippen molar-refractivity contribution < 1.29 is 13.2 Å². The van der Waals surface area contributed by atoms with Crippen LogP contribution in [0.15, 0.2) is 42.5 Å². The van der Waals surface area contributed by atoms with E-state index in [1.807, 2.05) is 6.92 Å². The lowest BCUT2D eigenvalue weighted by atomic mass is 10.1. The lowest BCUT2D eigenvalue weighted by Gasteiger charge is -2.21. The van der Waals surface area contributed by atoms with Gasteiger partial charge in [0.25, 0.3) is 5.91 Å². The van der Waals surface area contributed by atoms with E-state index in [1.165, 1.54) is 10.6 Å². The van der Waals surface area contributed by atoms with Crippen molar-refractivity contribution in [3.8, 4) is 0 Å². The number of benzene rings is 2. The number of halogens is 1. The first-order valence-corrected chi connectivity index (χ1v) is 9.67. The summed E-state index contributed by atoms with van der Waals surface area (Å²) in [6, 6.07) is 11.8. The van der Waals surface area contributed by atoms with Gasteiger partial charge in [0.2, 0.25) is 10.0 Å². The van der Waals surface area contributed by atoms with Crippen LogP contribution in [-0.2, 0) is 16.4 Å². The average molecular weight is 365 g/mol. The number of nitrogens with zero attached hydrogens (tertiary/aromatic N) is 1. The summed E-state index contributed by atoms with van der Waals surface area (Å²) in [5.41, 5.74) is 2.59. The van der Waals surface area contributed by atoms with Crippen LogP contribution in [0.3, 0.4) is 0 Å². The van der Waals surface area contributed by atoms with Crippen molar-refractivity contribution in [2.75, 3.05) is 15.9 Å². The Balaban J connectivity index is 1.87. The number of sulfonamides is 1.